The van der Waals surface area contributed by atoms with E-state index in [1.165, 1.54) is 33.4 Å². The van der Waals surface area contributed by atoms with Gasteiger partial charge in [0.25, 0.3) is 0 Å². The first kappa shape index (κ1) is 43.8. The number of halogens is 4. The largest absolute Gasteiger partial charge is 0.261 e. The molecular formula is C30H34Br4N4Pd2. The second-order valence-electron chi connectivity index (χ2n) is 8.59. The molecule has 0 unspecified atom stereocenters. The van der Waals surface area contributed by atoms with Crippen LogP contribution in [0, 0.1) is 27.7 Å². The summed E-state index contributed by atoms with van der Waals surface area (Å²) in [7, 11) is 0. The third kappa shape index (κ3) is 12.3. The Bertz CT molecular complexity index is 1200. The van der Waals surface area contributed by atoms with Gasteiger partial charge in [-0.1, -0.05) is 12.1 Å². The second kappa shape index (κ2) is 21.9. The van der Waals surface area contributed by atoms with Gasteiger partial charge in [0, 0.05) is 89.9 Å². The first-order valence-corrected chi connectivity index (χ1v) is 11.6. The molecule has 2 heterocycles. The monoisotopic (exact) mass is 978 g/mol. The standard InChI is InChI=1S/C30H30N4.4BrH.2Pd/c1-21-17-25(18-22(2)29(21)33-15-11-27-9-5-7-13-31-27)26-19-23(3)30(24(4)20-26)34-16-12-28-10-6-8-14-32-28;;;;;;/h5-10,13-20H,11-12H2,1-4H3;4*1H;;. The third-order valence-corrected chi connectivity index (χ3v) is 5.81. The third-order valence-electron chi connectivity index (χ3n) is 5.81. The van der Waals surface area contributed by atoms with E-state index < -0.39 is 0 Å². The topological polar surface area (TPSA) is 50.5 Å². The maximum Gasteiger partial charge on any atom is 0.0684 e. The van der Waals surface area contributed by atoms with Crippen LogP contribution in [0.5, 0.6) is 0 Å². The normalized spacial score (nSPS) is 9.80. The number of aromatic nitrogens is 2. The van der Waals surface area contributed by atoms with Gasteiger partial charge in [-0.25, -0.2) is 0 Å². The van der Waals surface area contributed by atoms with E-state index in [1.54, 1.807) is 0 Å². The number of benzene rings is 2. The minimum Gasteiger partial charge on any atom is -0.261 e. The summed E-state index contributed by atoms with van der Waals surface area (Å²) in [5.74, 6) is 0. The van der Waals surface area contributed by atoms with E-state index in [9.17, 15) is 0 Å². The molecule has 0 radical (unpaired) electrons. The molecule has 0 atom stereocenters. The van der Waals surface area contributed by atoms with Gasteiger partial charge in [-0.05, 0) is 110 Å². The molecule has 0 aliphatic rings. The molecule has 10 heteroatoms. The Morgan fingerprint density at radius 3 is 1.15 bits per heavy atom. The van der Waals surface area contributed by atoms with Gasteiger partial charge in [0.2, 0.25) is 0 Å². The Hall–Kier alpha value is -0.675. The van der Waals surface area contributed by atoms with Crippen molar-refractivity contribution in [2.75, 3.05) is 0 Å². The van der Waals surface area contributed by atoms with Crippen molar-refractivity contribution in [2.24, 2.45) is 9.98 Å². The number of pyridine rings is 2. The van der Waals surface area contributed by atoms with E-state index in [0.717, 1.165) is 35.6 Å². The molecule has 4 nitrogen and oxygen atoms in total. The Morgan fingerprint density at radius 1 is 0.550 bits per heavy atom. The van der Waals surface area contributed by atoms with Gasteiger partial charge < -0.3 is 0 Å². The van der Waals surface area contributed by atoms with E-state index in [-0.39, 0.29) is 109 Å². The number of nitrogens with zero attached hydrogens (tertiary/aromatic N) is 4. The van der Waals surface area contributed by atoms with Crippen LogP contribution in [0.15, 0.2) is 83.0 Å². The number of rotatable bonds is 7. The average molecular weight is 983 g/mol. The van der Waals surface area contributed by atoms with Crippen LogP contribution in [0.3, 0.4) is 0 Å². The Kier molecular flexibility index (Phi) is 24.0. The second-order valence-corrected chi connectivity index (χ2v) is 8.59. The zero-order valence-corrected chi connectivity index (χ0v) is 32.5. The summed E-state index contributed by atoms with van der Waals surface area (Å²) in [6, 6.07) is 20.8. The fourth-order valence-electron chi connectivity index (χ4n) is 4.15. The molecule has 40 heavy (non-hydrogen) atoms. The van der Waals surface area contributed by atoms with Crippen LogP contribution < -0.4 is 0 Å². The summed E-state index contributed by atoms with van der Waals surface area (Å²) >= 11 is 0. The minimum atomic E-state index is 0. The maximum absolute atomic E-state index is 4.75. The Balaban J connectivity index is -0.00000228. The zero-order chi connectivity index (χ0) is 23.9. The molecule has 0 spiro atoms. The van der Waals surface area contributed by atoms with Gasteiger partial charge in [-0.2, -0.15) is 0 Å². The van der Waals surface area contributed by atoms with Crippen molar-refractivity contribution >= 4 is 91.7 Å². The molecule has 4 rings (SSSR count). The average Bonchev–Trinajstić information content (AvgIpc) is 2.83. The van der Waals surface area contributed by atoms with E-state index in [1.807, 2.05) is 61.2 Å². The summed E-state index contributed by atoms with van der Waals surface area (Å²) in [5.41, 5.74) is 11.2. The first-order chi connectivity index (χ1) is 16.5. The molecule has 222 valence electrons. The number of aliphatic imine (C=N–C) groups is 2. The van der Waals surface area contributed by atoms with E-state index >= 15 is 0 Å². The van der Waals surface area contributed by atoms with Gasteiger partial charge in [0.15, 0.2) is 0 Å². The van der Waals surface area contributed by atoms with E-state index in [4.69, 9.17) is 9.98 Å². The fraction of sp³-hybridized carbons (Fsp3) is 0.200. The molecule has 0 bridgehead atoms. The molecule has 2 aromatic heterocycles. The van der Waals surface area contributed by atoms with E-state index in [0.29, 0.717) is 0 Å². The summed E-state index contributed by atoms with van der Waals surface area (Å²) < 4.78 is 0. The predicted octanol–water partition coefficient (Wildman–Crippen LogP) is 9.57. The van der Waals surface area contributed by atoms with Crippen LogP contribution >= 0.6 is 67.9 Å². The summed E-state index contributed by atoms with van der Waals surface area (Å²) in [6.07, 6.45) is 8.97. The van der Waals surface area contributed by atoms with Crippen LogP contribution in [0.4, 0.5) is 11.4 Å². The molecule has 0 amide bonds. The van der Waals surface area contributed by atoms with Crippen molar-refractivity contribution in [3.63, 3.8) is 0 Å². The van der Waals surface area contributed by atoms with Gasteiger partial charge in [-0.15, -0.1) is 67.9 Å². The first-order valence-electron chi connectivity index (χ1n) is 11.6. The van der Waals surface area contributed by atoms with Crippen molar-refractivity contribution in [1.82, 2.24) is 9.97 Å². The summed E-state index contributed by atoms with van der Waals surface area (Å²) in [6.45, 7) is 8.50. The van der Waals surface area contributed by atoms with Gasteiger partial charge in [0.05, 0.1) is 11.4 Å². The molecule has 0 aliphatic carbocycles. The van der Waals surface area contributed by atoms with Crippen molar-refractivity contribution in [1.29, 1.82) is 0 Å². The van der Waals surface area contributed by atoms with Crippen LogP contribution in [-0.4, -0.2) is 22.4 Å². The van der Waals surface area contributed by atoms with Gasteiger partial charge in [0.1, 0.15) is 0 Å². The van der Waals surface area contributed by atoms with Crippen LogP contribution in [0.25, 0.3) is 11.1 Å². The molecular weight excluding hydrogens is 949 g/mol. The smallest absolute Gasteiger partial charge is 0.0684 e. The number of aryl methyl sites for hydroxylation is 4. The van der Waals surface area contributed by atoms with E-state index in [2.05, 4.69) is 61.9 Å². The minimum absolute atomic E-state index is 0. The molecule has 2 aromatic carbocycles. The Labute approximate surface area is 307 Å². The molecule has 0 N–H and O–H groups in total. The summed E-state index contributed by atoms with van der Waals surface area (Å²) in [4.78, 5) is 18.2. The van der Waals surface area contributed by atoms with Crippen molar-refractivity contribution in [2.45, 2.75) is 40.5 Å². The number of hydrogen-bond acceptors (Lipinski definition) is 4. The van der Waals surface area contributed by atoms with Crippen LogP contribution in [-0.2, 0) is 53.7 Å². The van der Waals surface area contributed by atoms with Crippen LogP contribution in [0.1, 0.15) is 33.6 Å². The van der Waals surface area contributed by atoms with Gasteiger partial charge in [-0.3, -0.25) is 20.0 Å². The van der Waals surface area contributed by atoms with Gasteiger partial charge >= 0.3 is 0 Å². The molecule has 4 aromatic rings. The molecule has 0 aliphatic heterocycles. The fourth-order valence-corrected chi connectivity index (χ4v) is 4.15. The summed E-state index contributed by atoms with van der Waals surface area (Å²) in [5, 5.41) is 0. The molecule has 0 saturated heterocycles. The number of hydrogen-bond donors (Lipinski definition) is 0. The van der Waals surface area contributed by atoms with Crippen LogP contribution in [0.2, 0.25) is 0 Å². The quantitative estimate of drug-likeness (QED) is 0.137. The Morgan fingerprint density at radius 2 is 0.875 bits per heavy atom. The van der Waals surface area contributed by atoms with Crippen molar-refractivity contribution in [3.8, 4) is 11.1 Å². The SMILES string of the molecule is Br.Br.Br.Br.Cc1cc(-c2cc(C)c(N=CCc3ccccn3)c(C)c2)cc(C)c1N=CCc1ccccn1.[Pd].[Pd]. The maximum atomic E-state index is 4.75. The zero-order valence-electron chi connectivity index (χ0n) is 22.6. The van der Waals surface area contributed by atoms with Crippen molar-refractivity contribution < 1.29 is 40.8 Å². The van der Waals surface area contributed by atoms with Crippen molar-refractivity contribution in [3.05, 3.63) is 107 Å². The predicted molar refractivity (Wildman–Crippen MR) is 184 cm³/mol. The molecule has 0 saturated carbocycles. The molecule has 0 fully saturated rings.